The van der Waals surface area contributed by atoms with E-state index in [1.807, 2.05) is 19.9 Å². The highest BCUT2D eigenvalue weighted by Gasteiger charge is 2.38. The van der Waals surface area contributed by atoms with Crippen molar-refractivity contribution in [3.8, 4) is 5.75 Å². The van der Waals surface area contributed by atoms with Gasteiger partial charge in [0.1, 0.15) is 5.52 Å². The number of rotatable bonds is 8. The van der Waals surface area contributed by atoms with Crippen LogP contribution in [0.2, 0.25) is 5.02 Å². The molecule has 2 heterocycles. The monoisotopic (exact) mass is 504 g/mol. The Hall–Kier alpha value is -2.68. The first-order valence-electron chi connectivity index (χ1n) is 11.6. The Bertz CT molecular complexity index is 1200. The summed E-state index contributed by atoms with van der Waals surface area (Å²) in [5.74, 6) is 0.0755. The zero-order chi connectivity index (χ0) is 25.2. The third-order valence-corrected chi connectivity index (χ3v) is 6.74. The van der Waals surface area contributed by atoms with Crippen LogP contribution in [0.25, 0.3) is 11.1 Å². The molecule has 1 N–H and O–H groups in total. The Kier molecular flexibility index (Phi) is 7.64. The lowest BCUT2D eigenvalue weighted by atomic mass is 9.97. The summed E-state index contributed by atoms with van der Waals surface area (Å²) in [5, 5.41) is 9.94. The number of hydrogen-bond donors (Lipinski definition) is 1. The van der Waals surface area contributed by atoms with Crippen LogP contribution in [-0.2, 0) is 11.2 Å². The number of aliphatic hydroxyl groups excluding tert-OH is 1. The Morgan fingerprint density at radius 1 is 1.40 bits per heavy atom. The van der Waals surface area contributed by atoms with Gasteiger partial charge in [0.05, 0.1) is 38.6 Å². The second-order valence-electron chi connectivity index (χ2n) is 9.26. The molecular formula is C26H30ClFN2O5. The predicted octanol–water partition coefficient (Wildman–Crippen LogP) is 4.79. The summed E-state index contributed by atoms with van der Waals surface area (Å²) in [6, 6.07) is 10.3. The number of ether oxygens (including phenoxy) is 2. The predicted molar refractivity (Wildman–Crippen MR) is 131 cm³/mol. The highest BCUT2D eigenvalue weighted by atomic mass is 35.5. The van der Waals surface area contributed by atoms with Crippen molar-refractivity contribution in [2.75, 3.05) is 33.5 Å². The number of aromatic nitrogens is 1. The van der Waals surface area contributed by atoms with E-state index < -0.39 is 18.2 Å². The lowest BCUT2D eigenvalue weighted by Gasteiger charge is -2.44. The average Bonchev–Trinajstić information content (AvgIpc) is 3.26. The van der Waals surface area contributed by atoms with E-state index in [1.165, 1.54) is 7.11 Å². The Morgan fingerprint density at radius 2 is 2.20 bits per heavy atom. The normalized spacial score (nSPS) is 21.3. The van der Waals surface area contributed by atoms with Crippen molar-refractivity contribution in [3.05, 3.63) is 58.4 Å². The van der Waals surface area contributed by atoms with Gasteiger partial charge < -0.3 is 23.9 Å². The number of oxazole rings is 1. The molecule has 0 radical (unpaired) electrons. The van der Waals surface area contributed by atoms with Crippen LogP contribution in [0.5, 0.6) is 5.75 Å². The van der Waals surface area contributed by atoms with Crippen LogP contribution < -0.4 is 4.74 Å². The summed E-state index contributed by atoms with van der Waals surface area (Å²) in [6.45, 7) is 3.93. The molecule has 4 rings (SSSR count). The molecule has 35 heavy (non-hydrogen) atoms. The highest BCUT2D eigenvalue weighted by Crippen LogP contribution is 2.33. The largest absolute Gasteiger partial charge is 0.493 e. The second-order valence-corrected chi connectivity index (χ2v) is 9.70. The van der Waals surface area contributed by atoms with Gasteiger partial charge in [0, 0.05) is 36.0 Å². The van der Waals surface area contributed by atoms with Gasteiger partial charge >= 0.3 is 0 Å². The lowest BCUT2D eigenvalue weighted by molar-refractivity contribution is -0.117. The van der Waals surface area contributed by atoms with Gasteiger partial charge in [-0.3, -0.25) is 9.18 Å². The molecule has 2 aromatic carbocycles. The van der Waals surface area contributed by atoms with Crippen LogP contribution in [0.15, 0.2) is 40.8 Å². The molecule has 3 aromatic rings. The number of fused-ring (bicyclic) bond motifs is 1. The zero-order valence-corrected chi connectivity index (χ0v) is 20.8. The maximum Gasteiger partial charge on any atom is 0.254 e. The third kappa shape index (κ3) is 5.44. The molecule has 0 bridgehead atoms. The number of halogens is 2. The number of benzene rings is 2. The number of nitrogens with zero attached hydrogens (tertiary/aromatic N) is 2. The van der Waals surface area contributed by atoms with Crippen molar-refractivity contribution in [2.45, 2.75) is 44.2 Å². The van der Waals surface area contributed by atoms with Gasteiger partial charge in [-0.1, -0.05) is 23.7 Å². The zero-order valence-electron chi connectivity index (χ0n) is 20.1. The molecule has 1 fully saturated rings. The summed E-state index contributed by atoms with van der Waals surface area (Å²) in [5.41, 5.74) is 1.42. The van der Waals surface area contributed by atoms with Gasteiger partial charge in [0.2, 0.25) is 0 Å². The van der Waals surface area contributed by atoms with Gasteiger partial charge in [0.15, 0.2) is 17.2 Å². The van der Waals surface area contributed by atoms with Gasteiger partial charge in [-0.25, -0.2) is 4.98 Å². The topological polar surface area (TPSA) is 85.0 Å². The van der Waals surface area contributed by atoms with Crippen LogP contribution in [0.1, 0.15) is 48.0 Å². The molecule has 2 unspecified atom stereocenters. The van der Waals surface area contributed by atoms with E-state index in [2.05, 4.69) is 4.98 Å². The Morgan fingerprint density at radius 3 is 2.89 bits per heavy atom. The molecule has 9 heteroatoms. The van der Waals surface area contributed by atoms with Crippen molar-refractivity contribution in [2.24, 2.45) is 0 Å². The molecule has 1 aliphatic heterocycles. The van der Waals surface area contributed by atoms with Gasteiger partial charge in [0.25, 0.3) is 5.91 Å². The summed E-state index contributed by atoms with van der Waals surface area (Å²) < 4.78 is 31.2. The minimum absolute atomic E-state index is 0.0243. The molecule has 1 aliphatic rings. The first kappa shape index (κ1) is 25.4. The van der Waals surface area contributed by atoms with E-state index in [1.54, 1.807) is 35.2 Å². The SMILES string of the molecule is COc1cc(C(=O)N2CC(C)(CCO)OC[C@H]2C)cc2nc(CC(CF)c3cccc(Cl)c3)oc12. The molecule has 1 aromatic heterocycles. The molecule has 3 atom stereocenters. The summed E-state index contributed by atoms with van der Waals surface area (Å²) in [4.78, 5) is 19.8. The van der Waals surface area contributed by atoms with E-state index in [-0.39, 0.29) is 25.0 Å². The number of aliphatic hydroxyl groups is 1. The fraction of sp³-hybridized carbons (Fsp3) is 0.462. The fourth-order valence-corrected chi connectivity index (χ4v) is 4.64. The number of morpholine rings is 1. The Balaban J connectivity index is 1.63. The van der Waals surface area contributed by atoms with Crippen molar-refractivity contribution < 1.29 is 28.2 Å². The average molecular weight is 505 g/mol. The van der Waals surface area contributed by atoms with Gasteiger partial charge in [-0.2, -0.15) is 0 Å². The van der Waals surface area contributed by atoms with Crippen molar-refractivity contribution in [3.63, 3.8) is 0 Å². The van der Waals surface area contributed by atoms with E-state index >= 15 is 0 Å². The summed E-state index contributed by atoms with van der Waals surface area (Å²) in [7, 11) is 1.50. The van der Waals surface area contributed by atoms with E-state index in [0.717, 1.165) is 5.56 Å². The Labute approximate surface area is 208 Å². The summed E-state index contributed by atoms with van der Waals surface area (Å²) in [6.07, 6.45) is 0.666. The number of alkyl halides is 1. The second kappa shape index (κ2) is 10.5. The molecule has 188 valence electrons. The molecule has 7 nitrogen and oxygen atoms in total. The standard InChI is InChI=1S/C26H30ClFN2O5/c1-16-14-34-26(2,7-8-31)15-30(16)25(32)18-10-21-24(22(11-18)33-3)35-23(29-21)12-19(13-28)17-5-4-6-20(27)9-17/h4-6,9-11,16,19,31H,7-8,12-15H2,1-3H3/t16-,19?,26?/m1/s1. The van der Waals surface area contributed by atoms with Gasteiger partial charge in [-0.15, -0.1) is 0 Å². The van der Waals surface area contributed by atoms with E-state index in [4.69, 9.17) is 25.5 Å². The molecule has 1 amide bonds. The van der Waals surface area contributed by atoms with Crippen LogP contribution in [-0.4, -0.2) is 66.1 Å². The molecule has 0 saturated carbocycles. The maximum atomic E-state index is 13.9. The number of hydrogen-bond acceptors (Lipinski definition) is 6. The third-order valence-electron chi connectivity index (χ3n) is 6.51. The van der Waals surface area contributed by atoms with Gasteiger partial charge in [-0.05, 0) is 43.7 Å². The minimum Gasteiger partial charge on any atom is -0.493 e. The van der Waals surface area contributed by atoms with E-state index in [0.29, 0.717) is 52.9 Å². The first-order valence-corrected chi connectivity index (χ1v) is 12.0. The van der Waals surface area contributed by atoms with Crippen molar-refractivity contribution >= 4 is 28.6 Å². The fourth-order valence-electron chi connectivity index (χ4n) is 4.44. The number of amides is 1. The van der Waals surface area contributed by atoms with Crippen LogP contribution in [0.3, 0.4) is 0 Å². The molecule has 0 aliphatic carbocycles. The van der Waals surface area contributed by atoms with Crippen molar-refractivity contribution in [1.29, 1.82) is 0 Å². The molecular weight excluding hydrogens is 475 g/mol. The number of methoxy groups -OCH3 is 1. The maximum absolute atomic E-state index is 13.9. The van der Waals surface area contributed by atoms with Crippen LogP contribution in [0.4, 0.5) is 4.39 Å². The number of carbonyl (C=O) groups excluding carboxylic acids is 1. The summed E-state index contributed by atoms with van der Waals surface area (Å²) >= 11 is 6.08. The number of carbonyl (C=O) groups is 1. The quantitative estimate of drug-likeness (QED) is 0.475. The molecule has 0 spiro atoms. The highest BCUT2D eigenvalue weighted by molar-refractivity contribution is 6.30. The van der Waals surface area contributed by atoms with Crippen molar-refractivity contribution in [1.82, 2.24) is 9.88 Å². The lowest BCUT2D eigenvalue weighted by Crippen LogP contribution is -2.56. The van der Waals surface area contributed by atoms with E-state index in [9.17, 15) is 14.3 Å². The molecule has 1 saturated heterocycles. The minimum atomic E-state index is -0.617. The van der Waals surface area contributed by atoms with Crippen LogP contribution in [0, 0.1) is 0 Å². The smallest absolute Gasteiger partial charge is 0.254 e. The van der Waals surface area contributed by atoms with Crippen LogP contribution >= 0.6 is 11.6 Å². The first-order chi connectivity index (χ1) is 16.8.